The van der Waals surface area contributed by atoms with Gasteiger partial charge in [0.25, 0.3) is 0 Å². The second-order valence-electron chi connectivity index (χ2n) is 5.21. The zero-order valence-electron chi connectivity index (χ0n) is 11.5. The summed E-state index contributed by atoms with van der Waals surface area (Å²) in [5.41, 5.74) is 9.91. The van der Waals surface area contributed by atoms with E-state index in [4.69, 9.17) is 10.9 Å². The van der Waals surface area contributed by atoms with E-state index in [0.29, 0.717) is 5.69 Å². The number of fused-ring (bicyclic) bond motifs is 1. The summed E-state index contributed by atoms with van der Waals surface area (Å²) in [7, 11) is -3.72. The summed E-state index contributed by atoms with van der Waals surface area (Å²) in [6.07, 6.45) is 0.951. The number of sulfonamides is 1. The van der Waals surface area contributed by atoms with Crippen molar-refractivity contribution < 1.29 is 8.42 Å². The molecule has 110 valence electrons. The Bertz CT molecular complexity index is 787. The molecule has 1 heterocycles. The van der Waals surface area contributed by atoms with E-state index in [2.05, 4.69) is 17.0 Å². The zero-order valence-corrected chi connectivity index (χ0v) is 12.3. The lowest BCUT2D eigenvalue weighted by molar-refractivity contribution is 0.598. The van der Waals surface area contributed by atoms with Gasteiger partial charge in [0.15, 0.2) is 0 Å². The first-order valence-electron chi connectivity index (χ1n) is 6.69. The van der Waals surface area contributed by atoms with Gasteiger partial charge in [-0.2, -0.15) is 0 Å². The highest BCUT2D eigenvalue weighted by Gasteiger charge is 2.19. The summed E-state index contributed by atoms with van der Waals surface area (Å²) in [4.78, 5) is 2.20. The lowest BCUT2D eigenvalue weighted by Crippen LogP contribution is -2.31. The fraction of sp³-hybridized carbons (Fsp3) is 0.200. The van der Waals surface area contributed by atoms with Gasteiger partial charge >= 0.3 is 0 Å². The monoisotopic (exact) mass is 303 g/mol. The third-order valence-corrected chi connectivity index (χ3v) is 4.71. The Labute approximate surface area is 124 Å². The average molecular weight is 303 g/mol. The Morgan fingerprint density at radius 2 is 1.76 bits per heavy atom. The molecule has 0 saturated carbocycles. The van der Waals surface area contributed by atoms with Gasteiger partial charge in [-0.05, 0) is 35.7 Å². The molecule has 1 aliphatic rings. The standard InChI is InChI=1S/C15H17N3O2S/c16-14-9-13(21(17,19)20)5-6-15(14)18-8-7-11-3-1-2-4-12(11)10-18/h1-6,9H,7-8,10,16H2,(H2,17,19,20). The molecule has 0 amide bonds. The van der Waals surface area contributed by atoms with Crippen LogP contribution in [-0.2, 0) is 23.0 Å². The first-order valence-corrected chi connectivity index (χ1v) is 8.24. The minimum absolute atomic E-state index is 0.0427. The summed E-state index contributed by atoms with van der Waals surface area (Å²) in [6.45, 7) is 1.63. The molecule has 0 atom stereocenters. The number of rotatable bonds is 2. The lowest BCUT2D eigenvalue weighted by atomic mass is 9.99. The molecular weight excluding hydrogens is 286 g/mol. The van der Waals surface area contributed by atoms with Gasteiger partial charge in [-0.1, -0.05) is 24.3 Å². The van der Waals surface area contributed by atoms with E-state index in [1.54, 1.807) is 6.07 Å². The fourth-order valence-electron chi connectivity index (χ4n) is 2.70. The molecule has 0 spiro atoms. The minimum atomic E-state index is -3.72. The van der Waals surface area contributed by atoms with Crippen molar-refractivity contribution in [3.05, 3.63) is 53.6 Å². The van der Waals surface area contributed by atoms with Crippen molar-refractivity contribution >= 4 is 21.4 Å². The van der Waals surface area contributed by atoms with Crippen molar-refractivity contribution in [2.75, 3.05) is 17.2 Å². The van der Waals surface area contributed by atoms with Crippen LogP contribution in [0.15, 0.2) is 47.4 Å². The van der Waals surface area contributed by atoms with Crippen molar-refractivity contribution in [1.82, 2.24) is 0 Å². The number of nitrogens with two attached hydrogens (primary N) is 2. The lowest BCUT2D eigenvalue weighted by Gasteiger charge is -2.31. The van der Waals surface area contributed by atoms with Crippen LogP contribution in [0, 0.1) is 0 Å². The number of nitrogens with zero attached hydrogens (tertiary/aromatic N) is 1. The van der Waals surface area contributed by atoms with Crippen LogP contribution in [0.2, 0.25) is 0 Å². The third kappa shape index (κ3) is 2.72. The Kier molecular flexibility index (Phi) is 3.35. The third-order valence-electron chi connectivity index (χ3n) is 3.80. The van der Waals surface area contributed by atoms with Crippen LogP contribution in [0.1, 0.15) is 11.1 Å². The first kappa shape index (κ1) is 13.9. The number of hydrogen-bond acceptors (Lipinski definition) is 4. The number of primary sulfonamides is 1. The maximum Gasteiger partial charge on any atom is 0.238 e. The van der Waals surface area contributed by atoms with Gasteiger partial charge in [0.2, 0.25) is 10.0 Å². The molecule has 0 saturated heterocycles. The second kappa shape index (κ2) is 5.05. The zero-order chi connectivity index (χ0) is 15.0. The predicted molar refractivity (Wildman–Crippen MR) is 83.4 cm³/mol. The molecule has 6 heteroatoms. The molecule has 0 radical (unpaired) electrons. The quantitative estimate of drug-likeness (QED) is 0.822. The van der Waals surface area contributed by atoms with Crippen LogP contribution >= 0.6 is 0 Å². The normalized spacial score (nSPS) is 14.8. The molecule has 2 aromatic carbocycles. The molecule has 5 nitrogen and oxygen atoms in total. The average Bonchev–Trinajstić information content (AvgIpc) is 2.45. The smallest absolute Gasteiger partial charge is 0.238 e. The van der Waals surface area contributed by atoms with E-state index in [1.807, 2.05) is 12.1 Å². The Balaban J connectivity index is 1.92. The van der Waals surface area contributed by atoms with E-state index in [1.165, 1.54) is 23.3 Å². The van der Waals surface area contributed by atoms with Crippen LogP contribution in [-0.4, -0.2) is 15.0 Å². The summed E-state index contributed by atoms with van der Waals surface area (Å²) in [6, 6.07) is 13.0. The van der Waals surface area contributed by atoms with Gasteiger partial charge in [0.1, 0.15) is 0 Å². The van der Waals surface area contributed by atoms with Gasteiger partial charge in [-0.3, -0.25) is 0 Å². The van der Waals surface area contributed by atoms with Crippen LogP contribution in [0.25, 0.3) is 0 Å². The second-order valence-corrected chi connectivity index (χ2v) is 6.77. The number of benzene rings is 2. The van der Waals surface area contributed by atoms with Gasteiger partial charge < -0.3 is 10.6 Å². The molecule has 1 aliphatic heterocycles. The topological polar surface area (TPSA) is 89.4 Å². The highest BCUT2D eigenvalue weighted by molar-refractivity contribution is 7.89. The molecule has 2 aromatic rings. The molecule has 4 N–H and O–H groups in total. The van der Waals surface area contributed by atoms with Crippen molar-refractivity contribution in [2.24, 2.45) is 5.14 Å². The Hall–Kier alpha value is -2.05. The summed E-state index contributed by atoms with van der Waals surface area (Å²) < 4.78 is 22.7. The van der Waals surface area contributed by atoms with E-state index < -0.39 is 10.0 Å². The molecule has 3 rings (SSSR count). The Morgan fingerprint density at radius 3 is 2.43 bits per heavy atom. The number of nitrogen functional groups attached to an aromatic ring is 1. The first-order chi connectivity index (χ1) is 9.95. The number of anilines is 2. The SMILES string of the molecule is Nc1cc(S(N)(=O)=O)ccc1N1CCc2ccccc2C1. The summed E-state index contributed by atoms with van der Waals surface area (Å²) in [5, 5.41) is 5.12. The largest absolute Gasteiger partial charge is 0.397 e. The Morgan fingerprint density at radius 1 is 1.05 bits per heavy atom. The van der Waals surface area contributed by atoms with E-state index in [9.17, 15) is 8.42 Å². The molecule has 0 unspecified atom stereocenters. The van der Waals surface area contributed by atoms with Crippen LogP contribution in [0.3, 0.4) is 0 Å². The predicted octanol–water partition coefficient (Wildman–Crippen LogP) is 1.48. The van der Waals surface area contributed by atoms with Gasteiger partial charge in [0, 0.05) is 13.1 Å². The van der Waals surface area contributed by atoms with Crippen LogP contribution in [0.5, 0.6) is 0 Å². The minimum Gasteiger partial charge on any atom is -0.397 e. The van der Waals surface area contributed by atoms with Crippen molar-refractivity contribution in [3.63, 3.8) is 0 Å². The van der Waals surface area contributed by atoms with Crippen molar-refractivity contribution in [2.45, 2.75) is 17.9 Å². The summed E-state index contributed by atoms with van der Waals surface area (Å²) in [5.74, 6) is 0. The molecular formula is C15H17N3O2S. The highest BCUT2D eigenvalue weighted by atomic mass is 32.2. The van der Waals surface area contributed by atoms with Gasteiger partial charge in [0.05, 0.1) is 16.3 Å². The van der Waals surface area contributed by atoms with Crippen molar-refractivity contribution in [3.8, 4) is 0 Å². The number of hydrogen-bond donors (Lipinski definition) is 2. The van der Waals surface area contributed by atoms with E-state index >= 15 is 0 Å². The molecule has 0 aromatic heterocycles. The van der Waals surface area contributed by atoms with Gasteiger partial charge in [-0.25, -0.2) is 13.6 Å². The van der Waals surface area contributed by atoms with Gasteiger partial charge in [-0.15, -0.1) is 0 Å². The van der Waals surface area contributed by atoms with E-state index in [0.717, 1.165) is 25.2 Å². The fourth-order valence-corrected chi connectivity index (χ4v) is 3.25. The van der Waals surface area contributed by atoms with E-state index in [-0.39, 0.29) is 4.90 Å². The van der Waals surface area contributed by atoms with Crippen LogP contribution in [0.4, 0.5) is 11.4 Å². The highest BCUT2D eigenvalue weighted by Crippen LogP contribution is 2.30. The molecule has 0 bridgehead atoms. The molecule has 21 heavy (non-hydrogen) atoms. The maximum absolute atomic E-state index is 11.3. The summed E-state index contributed by atoms with van der Waals surface area (Å²) >= 11 is 0. The maximum atomic E-state index is 11.3. The molecule has 0 aliphatic carbocycles. The van der Waals surface area contributed by atoms with Crippen LogP contribution < -0.4 is 15.8 Å². The molecule has 0 fully saturated rings. The van der Waals surface area contributed by atoms with Crippen molar-refractivity contribution in [1.29, 1.82) is 0 Å².